The minimum Gasteiger partial charge on any atom is -0.335 e. The molecule has 6 nitrogen and oxygen atoms in total. The lowest BCUT2D eigenvalue weighted by atomic mass is 9.99. The largest absolute Gasteiger partial charge is 0.335 e. The fraction of sp³-hybridized carbons (Fsp3) is 0.700. The van der Waals surface area contributed by atoms with Gasteiger partial charge in [-0.1, -0.05) is 0 Å². The summed E-state index contributed by atoms with van der Waals surface area (Å²) in [6.07, 6.45) is 3.99. The van der Waals surface area contributed by atoms with Crippen LogP contribution in [0.4, 0.5) is 0 Å². The lowest BCUT2D eigenvalue weighted by Gasteiger charge is -2.14. The van der Waals surface area contributed by atoms with Crippen molar-refractivity contribution in [1.29, 1.82) is 0 Å². The van der Waals surface area contributed by atoms with Crippen LogP contribution in [0, 0.1) is 11.8 Å². The fourth-order valence-corrected chi connectivity index (χ4v) is 2.51. The summed E-state index contributed by atoms with van der Waals surface area (Å²) < 4.78 is 0. The molecule has 16 heavy (non-hydrogen) atoms. The summed E-state index contributed by atoms with van der Waals surface area (Å²) in [6.45, 7) is 1.42. The second-order valence-electron chi connectivity index (χ2n) is 4.73. The van der Waals surface area contributed by atoms with Crippen molar-refractivity contribution >= 4 is 5.91 Å². The lowest BCUT2D eigenvalue weighted by Crippen LogP contribution is -2.32. The van der Waals surface area contributed by atoms with Gasteiger partial charge in [0.05, 0.1) is 6.20 Å². The number of carbonyl (C=O) groups excluding carboxylic acids is 1. The number of amides is 1. The van der Waals surface area contributed by atoms with E-state index < -0.39 is 0 Å². The fourth-order valence-electron chi connectivity index (χ4n) is 2.51. The van der Waals surface area contributed by atoms with E-state index in [2.05, 4.69) is 15.4 Å². The van der Waals surface area contributed by atoms with Crippen LogP contribution in [0.3, 0.4) is 0 Å². The van der Waals surface area contributed by atoms with Gasteiger partial charge in [-0.05, 0) is 24.7 Å². The van der Waals surface area contributed by atoms with Gasteiger partial charge < -0.3 is 10.6 Å². The first-order chi connectivity index (χ1) is 7.75. The summed E-state index contributed by atoms with van der Waals surface area (Å²) in [6, 6.07) is 0.128. The molecule has 1 amide bonds. The van der Waals surface area contributed by atoms with E-state index in [0.29, 0.717) is 18.2 Å². The van der Waals surface area contributed by atoms with Crippen molar-refractivity contribution in [3.8, 4) is 0 Å². The van der Waals surface area contributed by atoms with E-state index >= 15 is 0 Å². The summed E-state index contributed by atoms with van der Waals surface area (Å²) >= 11 is 0. The molecule has 2 aliphatic rings. The van der Waals surface area contributed by atoms with Gasteiger partial charge in [0.1, 0.15) is 0 Å². The van der Waals surface area contributed by atoms with Gasteiger partial charge in [0.25, 0.3) is 5.91 Å². The van der Waals surface area contributed by atoms with Crippen molar-refractivity contribution in [1.82, 2.24) is 20.3 Å². The zero-order valence-electron chi connectivity index (χ0n) is 8.97. The van der Waals surface area contributed by atoms with Crippen molar-refractivity contribution in [2.24, 2.45) is 17.6 Å². The maximum Gasteiger partial charge on any atom is 0.276 e. The van der Waals surface area contributed by atoms with E-state index in [-0.39, 0.29) is 11.9 Å². The molecular formula is C10H15N5O. The van der Waals surface area contributed by atoms with Crippen LogP contribution in [0.15, 0.2) is 6.20 Å². The molecule has 0 unspecified atom stereocenters. The van der Waals surface area contributed by atoms with E-state index in [0.717, 1.165) is 12.5 Å². The van der Waals surface area contributed by atoms with Gasteiger partial charge in [0, 0.05) is 19.1 Å². The van der Waals surface area contributed by atoms with E-state index in [9.17, 15) is 4.79 Å². The Morgan fingerprint density at radius 2 is 2.31 bits per heavy atom. The second-order valence-corrected chi connectivity index (χ2v) is 4.73. The molecule has 0 bridgehead atoms. The van der Waals surface area contributed by atoms with Gasteiger partial charge in [0.15, 0.2) is 5.69 Å². The van der Waals surface area contributed by atoms with E-state index in [1.54, 1.807) is 4.90 Å². The van der Waals surface area contributed by atoms with Crippen LogP contribution in [0.25, 0.3) is 0 Å². The molecule has 1 aliphatic heterocycles. The molecule has 1 aromatic rings. The topological polar surface area (TPSA) is 87.9 Å². The minimum atomic E-state index is -0.0626. The minimum absolute atomic E-state index is 0.0626. The van der Waals surface area contributed by atoms with Crippen LogP contribution < -0.4 is 5.73 Å². The number of rotatable bonds is 2. The molecule has 0 aromatic carbocycles. The second kappa shape index (κ2) is 3.55. The normalized spacial score (nSPS) is 29.7. The highest BCUT2D eigenvalue weighted by Crippen LogP contribution is 2.40. The van der Waals surface area contributed by atoms with Crippen LogP contribution >= 0.6 is 0 Å². The third-order valence-corrected chi connectivity index (χ3v) is 3.56. The Hall–Kier alpha value is -1.43. The SMILES string of the molecule is N[C@@H]1CN(C(=O)c2cn[nH]n2)C[C@H]1C1CC1. The third-order valence-electron chi connectivity index (χ3n) is 3.56. The maximum absolute atomic E-state index is 12.0. The van der Waals surface area contributed by atoms with Gasteiger partial charge in [-0.15, -0.1) is 0 Å². The lowest BCUT2D eigenvalue weighted by molar-refractivity contribution is 0.0779. The van der Waals surface area contributed by atoms with Gasteiger partial charge in [-0.25, -0.2) is 0 Å². The molecule has 3 rings (SSSR count). The summed E-state index contributed by atoms with van der Waals surface area (Å²) in [5.74, 6) is 1.16. The number of nitrogens with one attached hydrogen (secondary N) is 1. The average Bonchev–Trinajstić information content (AvgIpc) is 2.83. The standard InChI is InChI=1S/C10H15N5O/c11-8-5-15(4-7(8)6-1-2-6)10(16)9-3-12-14-13-9/h3,6-8H,1-2,4-5,11H2,(H,12,13,14)/t7-,8+/m0/s1. The predicted molar refractivity (Wildman–Crippen MR) is 56.5 cm³/mol. The number of nitrogens with zero attached hydrogens (tertiary/aromatic N) is 3. The highest BCUT2D eigenvalue weighted by molar-refractivity contribution is 5.92. The maximum atomic E-state index is 12.0. The average molecular weight is 221 g/mol. The molecule has 2 atom stereocenters. The number of hydrogen-bond acceptors (Lipinski definition) is 4. The molecule has 6 heteroatoms. The van der Waals surface area contributed by atoms with Gasteiger partial charge in [0.2, 0.25) is 0 Å². The third kappa shape index (κ3) is 1.59. The van der Waals surface area contributed by atoms with E-state index in [1.807, 2.05) is 0 Å². The molecule has 2 heterocycles. The van der Waals surface area contributed by atoms with E-state index in [4.69, 9.17) is 5.73 Å². The highest BCUT2D eigenvalue weighted by atomic mass is 16.2. The summed E-state index contributed by atoms with van der Waals surface area (Å²) in [5.41, 5.74) is 6.44. The number of H-pyrrole nitrogens is 1. The Morgan fingerprint density at radius 3 is 2.94 bits per heavy atom. The van der Waals surface area contributed by atoms with Crippen LogP contribution in [-0.4, -0.2) is 45.3 Å². The Kier molecular flexibility index (Phi) is 2.17. The molecule has 3 N–H and O–H groups in total. The molecule has 1 saturated carbocycles. The zero-order chi connectivity index (χ0) is 11.1. The smallest absolute Gasteiger partial charge is 0.276 e. The highest BCUT2D eigenvalue weighted by Gasteiger charge is 2.42. The molecule has 0 spiro atoms. The molecule has 1 aromatic heterocycles. The van der Waals surface area contributed by atoms with Crippen molar-refractivity contribution in [3.05, 3.63) is 11.9 Å². The van der Waals surface area contributed by atoms with Crippen LogP contribution in [-0.2, 0) is 0 Å². The molecular weight excluding hydrogens is 206 g/mol. The Balaban J connectivity index is 1.70. The van der Waals surface area contributed by atoms with Crippen LogP contribution in [0.1, 0.15) is 23.3 Å². The number of nitrogens with two attached hydrogens (primary N) is 1. The molecule has 86 valence electrons. The molecule has 0 radical (unpaired) electrons. The summed E-state index contributed by atoms with van der Waals surface area (Å²) in [5, 5.41) is 9.90. The first kappa shape index (κ1) is 9.77. The summed E-state index contributed by atoms with van der Waals surface area (Å²) in [7, 11) is 0. The first-order valence-electron chi connectivity index (χ1n) is 5.66. The van der Waals surface area contributed by atoms with Gasteiger partial charge in [-0.2, -0.15) is 15.4 Å². The Bertz CT molecular complexity index is 386. The Labute approximate surface area is 93.2 Å². The predicted octanol–water partition coefficient (Wildman–Crippen LogP) is -0.386. The van der Waals surface area contributed by atoms with Crippen molar-refractivity contribution in [3.63, 3.8) is 0 Å². The molecule has 2 fully saturated rings. The number of likely N-dealkylation sites (tertiary alicyclic amines) is 1. The zero-order valence-corrected chi connectivity index (χ0v) is 8.97. The van der Waals surface area contributed by atoms with Crippen molar-refractivity contribution in [2.45, 2.75) is 18.9 Å². The Morgan fingerprint density at radius 1 is 1.50 bits per heavy atom. The van der Waals surface area contributed by atoms with Gasteiger partial charge >= 0.3 is 0 Å². The van der Waals surface area contributed by atoms with Crippen LogP contribution in [0.2, 0.25) is 0 Å². The van der Waals surface area contributed by atoms with Gasteiger partial charge in [-0.3, -0.25) is 4.79 Å². The number of aromatic amines is 1. The molecule has 1 saturated heterocycles. The molecule has 1 aliphatic carbocycles. The van der Waals surface area contributed by atoms with E-state index in [1.165, 1.54) is 19.0 Å². The quantitative estimate of drug-likeness (QED) is 0.712. The summed E-state index contributed by atoms with van der Waals surface area (Å²) in [4.78, 5) is 13.8. The van der Waals surface area contributed by atoms with Crippen molar-refractivity contribution in [2.75, 3.05) is 13.1 Å². The number of hydrogen-bond donors (Lipinski definition) is 2. The first-order valence-corrected chi connectivity index (χ1v) is 5.66. The monoisotopic (exact) mass is 221 g/mol. The van der Waals surface area contributed by atoms with Crippen LogP contribution in [0.5, 0.6) is 0 Å². The van der Waals surface area contributed by atoms with Crippen molar-refractivity contribution < 1.29 is 4.79 Å². The number of carbonyl (C=O) groups is 1. The number of aromatic nitrogens is 3.